The topological polar surface area (TPSA) is 17.1 Å². The molecule has 0 fully saturated rings. The second-order valence-electron chi connectivity index (χ2n) is 7.32. The highest BCUT2D eigenvalue weighted by Gasteiger charge is 2.08. The van der Waals surface area contributed by atoms with Crippen LogP contribution in [-0.2, 0) is 12.8 Å². The molecule has 0 heterocycles. The number of carbonyl (C=O) groups excluding carboxylic acids is 1. The van der Waals surface area contributed by atoms with Crippen molar-refractivity contribution in [1.82, 2.24) is 0 Å². The summed E-state index contributed by atoms with van der Waals surface area (Å²) in [5, 5.41) is 0. The second kappa shape index (κ2) is 8.70. The van der Waals surface area contributed by atoms with Gasteiger partial charge in [0.25, 0.3) is 0 Å². The van der Waals surface area contributed by atoms with Gasteiger partial charge in [-0.15, -0.1) is 0 Å². The first-order chi connectivity index (χ1) is 14.2. The molecule has 0 saturated heterocycles. The lowest BCUT2D eigenvalue weighted by molar-refractivity contribution is 0.103. The summed E-state index contributed by atoms with van der Waals surface area (Å²) in [7, 11) is 0. The van der Waals surface area contributed by atoms with Gasteiger partial charge in [-0.05, 0) is 40.7 Å². The quantitative estimate of drug-likeness (QED) is 0.341. The maximum Gasteiger partial charge on any atom is 0.193 e. The van der Waals surface area contributed by atoms with Gasteiger partial charge in [0.15, 0.2) is 5.78 Å². The molecule has 0 aliphatic carbocycles. The minimum Gasteiger partial charge on any atom is -0.289 e. The third-order valence-corrected chi connectivity index (χ3v) is 5.31. The van der Waals surface area contributed by atoms with Crippen LogP contribution in [0.2, 0.25) is 0 Å². The van der Waals surface area contributed by atoms with Crippen molar-refractivity contribution < 1.29 is 4.79 Å². The molecule has 142 valence electrons. The van der Waals surface area contributed by atoms with Crippen LogP contribution >= 0.6 is 0 Å². The Labute approximate surface area is 172 Å². The fourth-order valence-electron chi connectivity index (χ4n) is 3.51. The van der Waals surface area contributed by atoms with Crippen LogP contribution in [-0.4, -0.2) is 5.78 Å². The number of ketones is 1. The lowest BCUT2D eigenvalue weighted by Gasteiger charge is -2.07. The molecule has 4 rings (SSSR count). The molecule has 0 amide bonds. The number of rotatable bonds is 6. The average molecular weight is 376 g/mol. The van der Waals surface area contributed by atoms with Crippen molar-refractivity contribution in [1.29, 1.82) is 0 Å². The summed E-state index contributed by atoms with van der Waals surface area (Å²) in [5.41, 5.74) is 7.77. The van der Waals surface area contributed by atoms with Gasteiger partial charge in [0, 0.05) is 11.1 Å². The first-order valence-corrected chi connectivity index (χ1v) is 10.1. The van der Waals surface area contributed by atoms with Crippen molar-refractivity contribution in [3.05, 3.63) is 131 Å². The molecule has 0 aliphatic heterocycles. The molecule has 0 aliphatic rings. The van der Waals surface area contributed by atoms with E-state index in [1.54, 1.807) is 0 Å². The van der Waals surface area contributed by atoms with E-state index in [-0.39, 0.29) is 5.78 Å². The minimum atomic E-state index is 0.0654. The van der Waals surface area contributed by atoms with Crippen molar-refractivity contribution in [2.24, 2.45) is 0 Å². The van der Waals surface area contributed by atoms with E-state index in [0.717, 1.165) is 24.0 Å². The monoisotopic (exact) mass is 376 g/mol. The first kappa shape index (κ1) is 18.9. The van der Waals surface area contributed by atoms with E-state index in [1.807, 2.05) is 54.6 Å². The van der Waals surface area contributed by atoms with E-state index < -0.39 is 0 Å². The fraction of sp³-hybridized carbons (Fsp3) is 0.107. The Hall–Kier alpha value is -3.45. The van der Waals surface area contributed by atoms with Crippen molar-refractivity contribution in [3.8, 4) is 11.1 Å². The van der Waals surface area contributed by atoms with E-state index in [2.05, 4.69) is 55.5 Å². The van der Waals surface area contributed by atoms with Crippen molar-refractivity contribution in [3.63, 3.8) is 0 Å². The van der Waals surface area contributed by atoms with Gasteiger partial charge in [-0.3, -0.25) is 4.79 Å². The second-order valence-corrected chi connectivity index (χ2v) is 7.32. The van der Waals surface area contributed by atoms with Crippen LogP contribution in [0.5, 0.6) is 0 Å². The van der Waals surface area contributed by atoms with E-state index in [9.17, 15) is 4.79 Å². The van der Waals surface area contributed by atoms with E-state index in [1.165, 1.54) is 27.8 Å². The van der Waals surface area contributed by atoms with Crippen LogP contribution < -0.4 is 0 Å². The average Bonchev–Trinajstić information content (AvgIpc) is 2.80. The van der Waals surface area contributed by atoms with Gasteiger partial charge < -0.3 is 0 Å². The summed E-state index contributed by atoms with van der Waals surface area (Å²) in [5.74, 6) is 0.0654. The first-order valence-electron chi connectivity index (χ1n) is 10.1. The predicted molar refractivity (Wildman–Crippen MR) is 120 cm³/mol. The highest BCUT2D eigenvalue weighted by Crippen LogP contribution is 2.22. The largest absolute Gasteiger partial charge is 0.289 e. The number of benzene rings is 4. The van der Waals surface area contributed by atoms with Crippen LogP contribution in [0.3, 0.4) is 0 Å². The molecule has 0 aromatic heterocycles. The van der Waals surface area contributed by atoms with E-state index in [4.69, 9.17) is 0 Å². The Morgan fingerprint density at radius 1 is 0.552 bits per heavy atom. The molecule has 0 radical (unpaired) electrons. The SMILES string of the molecule is CCc1ccc(-c2ccc(Cc3ccc(C(=O)c4ccccc4)cc3)cc2)cc1. The third-order valence-electron chi connectivity index (χ3n) is 5.31. The van der Waals surface area contributed by atoms with Crippen LogP contribution in [0.15, 0.2) is 103 Å². The smallest absolute Gasteiger partial charge is 0.193 e. The molecule has 29 heavy (non-hydrogen) atoms. The summed E-state index contributed by atoms with van der Waals surface area (Å²) in [6.07, 6.45) is 1.92. The maximum atomic E-state index is 12.5. The van der Waals surface area contributed by atoms with Gasteiger partial charge in [0.05, 0.1) is 0 Å². The molecular weight excluding hydrogens is 352 g/mol. The van der Waals surface area contributed by atoms with Crippen molar-refractivity contribution in [2.75, 3.05) is 0 Å². The zero-order valence-electron chi connectivity index (χ0n) is 16.6. The zero-order chi connectivity index (χ0) is 20.1. The van der Waals surface area contributed by atoms with E-state index in [0.29, 0.717) is 0 Å². The van der Waals surface area contributed by atoms with Gasteiger partial charge in [0.2, 0.25) is 0 Å². The molecule has 0 N–H and O–H groups in total. The molecule has 0 unspecified atom stereocenters. The minimum absolute atomic E-state index is 0.0654. The molecule has 1 nitrogen and oxygen atoms in total. The van der Waals surface area contributed by atoms with Crippen LogP contribution in [0, 0.1) is 0 Å². The molecule has 0 atom stereocenters. The van der Waals surface area contributed by atoms with Crippen LogP contribution in [0.25, 0.3) is 11.1 Å². The molecule has 0 bridgehead atoms. The van der Waals surface area contributed by atoms with Gasteiger partial charge in [-0.25, -0.2) is 0 Å². The van der Waals surface area contributed by atoms with Gasteiger partial charge >= 0.3 is 0 Å². The van der Waals surface area contributed by atoms with Gasteiger partial charge in [-0.2, -0.15) is 0 Å². The molecule has 4 aromatic carbocycles. The highest BCUT2D eigenvalue weighted by molar-refractivity contribution is 6.08. The van der Waals surface area contributed by atoms with Crippen molar-refractivity contribution >= 4 is 5.78 Å². The highest BCUT2D eigenvalue weighted by atomic mass is 16.1. The molecule has 4 aromatic rings. The number of hydrogen-bond donors (Lipinski definition) is 0. The summed E-state index contributed by atoms with van der Waals surface area (Å²) < 4.78 is 0. The molecular formula is C28H24O. The standard InChI is InChI=1S/C28H24O/c1-2-21-8-14-24(15-9-21)25-16-10-22(11-17-25)20-23-12-18-27(19-13-23)28(29)26-6-4-3-5-7-26/h3-19H,2,20H2,1H3. The zero-order valence-corrected chi connectivity index (χ0v) is 16.6. The number of carbonyl (C=O) groups is 1. The van der Waals surface area contributed by atoms with E-state index >= 15 is 0 Å². The van der Waals surface area contributed by atoms with Crippen LogP contribution in [0.4, 0.5) is 0 Å². The Morgan fingerprint density at radius 2 is 1.00 bits per heavy atom. The van der Waals surface area contributed by atoms with Gasteiger partial charge in [-0.1, -0.05) is 110 Å². The van der Waals surface area contributed by atoms with Gasteiger partial charge in [0.1, 0.15) is 0 Å². The summed E-state index contributed by atoms with van der Waals surface area (Å²) in [4.78, 5) is 12.5. The molecule has 0 saturated carbocycles. The summed E-state index contributed by atoms with van der Waals surface area (Å²) in [6, 6.07) is 34.9. The molecule has 1 heteroatoms. The maximum absolute atomic E-state index is 12.5. The Balaban J connectivity index is 1.44. The Bertz CT molecular complexity index is 1070. The Kier molecular flexibility index (Phi) is 5.67. The predicted octanol–water partition coefficient (Wildman–Crippen LogP) is 6.74. The molecule has 0 spiro atoms. The third kappa shape index (κ3) is 4.52. The normalized spacial score (nSPS) is 10.7. The van der Waals surface area contributed by atoms with Crippen LogP contribution in [0.1, 0.15) is 39.5 Å². The van der Waals surface area contributed by atoms with Crippen molar-refractivity contribution in [2.45, 2.75) is 19.8 Å². The summed E-state index contributed by atoms with van der Waals surface area (Å²) in [6.45, 7) is 2.17. The number of aryl methyl sites for hydroxylation is 1. The lowest BCUT2D eigenvalue weighted by Crippen LogP contribution is -2.01. The lowest BCUT2D eigenvalue weighted by atomic mass is 9.97. The fourth-order valence-corrected chi connectivity index (χ4v) is 3.51. The summed E-state index contributed by atoms with van der Waals surface area (Å²) >= 11 is 0. The number of hydrogen-bond acceptors (Lipinski definition) is 1. The Morgan fingerprint density at radius 3 is 1.52 bits per heavy atom.